The van der Waals surface area contributed by atoms with Crippen molar-refractivity contribution in [3.63, 3.8) is 0 Å². The molecule has 1 aromatic rings. The quantitative estimate of drug-likeness (QED) is 0.898. The molecule has 1 aliphatic rings. The predicted octanol–water partition coefficient (Wildman–Crippen LogP) is 2.26. The highest BCUT2D eigenvalue weighted by Crippen LogP contribution is 2.32. The minimum absolute atomic E-state index is 0. The van der Waals surface area contributed by atoms with Gasteiger partial charge in [0.05, 0.1) is 12.1 Å². The van der Waals surface area contributed by atoms with E-state index in [4.69, 9.17) is 5.73 Å². The Kier molecular flexibility index (Phi) is 5.11. The third-order valence-corrected chi connectivity index (χ3v) is 3.16. The monoisotopic (exact) mass is 272 g/mol. The maximum absolute atomic E-state index is 13.2. The molecule has 0 saturated carbocycles. The summed E-state index contributed by atoms with van der Waals surface area (Å²) in [4.78, 5) is 13.7. The van der Waals surface area contributed by atoms with Crippen LogP contribution in [0.25, 0.3) is 0 Å². The van der Waals surface area contributed by atoms with Gasteiger partial charge in [0.2, 0.25) is 5.91 Å². The average Bonchev–Trinajstić information content (AvgIpc) is 2.76. The summed E-state index contributed by atoms with van der Waals surface area (Å²) < 4.78 is 13.2. The minimum atomic E-state index is -0.496. The summed E-state index contributed by atoms with van der Waals surface area (Å²) in [5.41, 5.74) is 6.48. The van der Waals surface area contributed by atoms with E-state index in [1.165, 1.54) is 12.1 Å². The lowest BCUT2D eigenvalue weighted by Gasteiger charge is -2.26. The summed E-state index contributed by atoms with van der Waals surface area (Å²) in [6, 6.07) is 5.93. The van der Waals surface area contributed by atoms with Gasteiger partial charge in [0.25, 0.3) is 0 Å². The zero-order chi connectivity index (χ0) is 12.4. The van der Waals surface area contributed by atoms with Gasteiger partial charge in [-0.15, -0.1) is 12.4 Å². The van der Waals surface area contributed by atoms with Crippen molar-refractivity contribution in [2.24, 2.45) is 5.73 Å². The Labute approximate surface area is 113 Å². The molecule has 1 unspecified atom stereocenters. The molecule has 0 spiro atoms. The highest BCUT2D eigenvalue weighted by molar-refractivity contribution is 5.85. The summed E-state index contributed by atoms with van der Waals surface area (Å²) in [5.74, 6) is -0.320. The van der Waals surface area contributed by atoms with Crippen LogP contribution in [0.4, 0.5) is 4.39 Å². The number of likely N-dealkylation sites (tertiary alicyclic amines) is 1. The standard InChI is InChI=1S/C13H17FN2O.ClH/c1-9(15)13(17)16-7-3-6-12(16)10-4-2-5-11(14)8-10;/h2,4-5,8-9,12H,3,6-7,15H2,1H3;1H/t9-,12?;/m0./s1. The molecule has 1 heterocycles. The van der Waals surface area contributed by atoms with E-state index in [-0.39, 0.29) is 30.2 Å². The number of rotatable bonds is 2. The first-order chi connectivity index (χ1) is 8.09. The van der Waals surface area contributed by atoms with E-state index < -0.39 is 6.04 Å². The molecule has 1 fully saturated rings. The molecule has 0 aromatic heterocycles. The maximum Gasteiger partial charge on any atom is 0.239 e. The number of carbonyl (C=O) groups excluding carboxylic acids is 1. The van der Waals surface area contributed by atoms with E-state index in [9.17, 15) is 9.18 Å². The normalized spacial score (nSPS) is 20.4. The Bertz CT molecular complexity index is 425. The summed E-state index contributed by atoms with van der Waals surface area (Å²) in [6.07, 6.45) is 1.82. The fourth-order valence-corrected chi connectivity index (χ4v) is 2.35. The lowest BCUT2D eigenvalue weighted by atomic mass is 10.0. The van der Waals surface area contributed by atoms with Gasteiger partial charge in [0.15, 0.2) is 0 Å². The Balaban J connectivity index is 0.00000162. The van der Waals surface area contributed by atoms with Crippen LogP contribution in [-0.2, 0) is 4.79 Å². The van der Waals surface area contributed by atoms with Gasteiger partial charge in [0.1, 0.15) is 5.82 Å². The van der Waals surface area contributed by atoms with Gasteiger partial charge in [-0.25, -0.2) is 4.39 Å². The molecule has 0 bridgehead atoms. The van der Waals surface area contributed by atoms with Crippen molar-refractivity contribution in [2.45, 2.75) is 31.8 Å². The smallest absolute Gasteiger partial charge is 0.239 e. The second-order valence-corrected chi connectivity index (χ2v) is 4.53. The number of benzene rings is 1. The molecule has 1 amide bonds. The largest absolute Gasteiger partial charge is 0.334 e. The van der Waals surface area contributed by atoms with Crippen molar-refractivity contribution in [1.82, 2.24) is 4.90 Å². The number of hydrogen-bond donors (Lipinski definition) is 1. The molecule has 1 aliphatic heterocycles. The predicted molar refractivity (Wildman–Crippen MR) is 71.0 cm³/mol. The van der Waals surface area contributed by atoms with Gasteiger partial charge >= 0.3 is 0 Å². The van der Waals surface area contributed by atoms with Crippen LogP contribution < -0.4 is 5.73 Å². The van der Waals surface area contributed by atoms with Crippen molar-refractivity contribution in [2.75, 3.05) is 6.54 Å². The number of carbonyl (C=O) groups is 1. The molecule has 3 nitrogen and oxygen atoms in total. The van der Waals surface area contributed by atoms with Gasteiger partial charge in [-0.3, -0.25) is 4.79 Å². The van der Waals surface area contributed by atoms with Gasteiger partial charge in [0, 0.05) is 6.54 Å². The first-order valence-electron chi connectivity index (χ1n) is 5.91. The molecule has 2 rings (SSSR count). The van der Waals surface area contributed by atoms with Crippen LogP contribution in [0.1, 0.15) is 31.4 Å². The summed E-state index contributed by atoms with van der Waals surface area (Å²) in [7, 11) is 0. The van der Waals surface area contributed by atoms with Crippen LogP contribution in [0.2, 0.25) is 0 Å². The molecule has 1 saturated heterocycles. The molecule has 0 aliphatic carbocycles. The highest BCUT2D eigenvalue weighted by Gasteiger charge is 2.31. The second kappa shape index (κ2) is 6.16. The molecule has 2 N–H and O–H groups in total. The molecule has 2 atom stereocenters. The van der Waals surface area contributed by atoms with Crippen LogP contribution in [0, 0.1) is 5.82 Å². The summed E-state index contributed by atoms with van der Waals surface area (Å²) in [6.45, 7) is 2.39. The van der Waals surface area contributed by atoms with Crippen molar-refractivity contribution in [1.29, 1.82) is 0 Å². The zero-order valence-electron chi connectivity index (χ0n) is 10.3. The number of amides is 1. The molecule has 5 heteroatoms. The van der Waals surface area contributed by atoms with Crippen LogP contribution >= 0.6 is 12.4 Å². The lowest BCUT2D eigenvalue weighted by Crippen LogP contribution is -2.41. The Morgan fingerprint density at radius 2 is 2.28 bits per heavy atom. The molecule has 18 heavy (non-hydrogen) atoms. The third kappa shape index (κ3) is 3.00. The number of hydrogen-bond acceptors (Lipinski definition) is 2. The van der Waals surface area contributed by atoms with Crippen LogP contribution in [0.15, 0.2) is 24.3 Å². The van der Waals surface area contributed by atoms with E-state index in [1.54, 1.807) is 17.9 Å². The van der Waals surface area contributed by atoms with E-state index in [2.05, 4.69) is 0 Å². The topological polar surface area (TPSA) is 46.3 Å². The zero-order valence-corrected chi connectivity index (χ0v) is 11.1. The van der Waals surface area contributed by atoms with Gasteiger partial charge < -0.3 is 10.6 Å². The molecule has 100 valence electrons. The fraction of sp³-hybridized carbons (Fsp3) is 0.462. The number of halogens is 2. The highest BCUT2D eigenvalue weighted by atomic mass is 35.5. The maximum atomic E-state index is 13.2. The Hall–Kier alpha value is -1.13. The fourth-order valence-electron chi connectivity index (χ4n) is 2.35. The van der Waals surface area contributed by atoms with Gasteiger partial charge in [-0.2, -0.15) is 0 Å². The Morgan fingerprint density at radius 3 is 2.89 bits per heavy atom. The van der Waals surface area contributed by atoms with E-state index in [0.29, 0.717) is 6.54 Å². The second-order valence-electron chi connectivity index (χ2n) is 4.53. The van der Waals surface area contributed by atoms with E-state index in [1.807, 2.05) is 6.07 Å². The third-order valence-electron chi connectivity index (χ3n) is 3.16. The van der Waals surface area contributed by atoms with Crippen LogP contribution in [0.5, 0.6) is 0 Å². The van der Waals surface area contributed by atoms with Gasteiger partial charge in [-0.05, 0) is 37.5 Å². The van der Waals surface area contributed by atoms with Crippen molar-refractivity contribution in [3.05, 3.63) is 35.6 Å². The molecular weight excluding hydrogens is 255 g/mol. The molecule has 0 radical (unpaired) electrons. The van der Waals surface area contributed by atoms with Crippen LogP contribution in [-0.4, -0.2) is 23.4 Å². The number of nitrogens with two attached hydrogens (primary N) is 1. The summed E-state index contributed by atoms with van der Waals surface area (Å²) >= 11 is 0. The average molecular weight is 273 g/mol. The molecular formula is C13H18ClFN2O. The van der Waals surface area contributed by atoms with E-state index >= 15 is 0 Å². The van der Waals surface area contributed by atoms with Crippen molar-refractivity contribution >= 4 is 18.3 Å². The number of nitrogens with zero attached hydrogens (tertiary/aromatic N) is 1. The van der Waals surface area contributed by atoms with E-state index in [0.717, 1.165) is 18.4 Å². The summed E-state index contributed by atoms with van der Waals surface area (Å²) in [5, 5.41) is 0. The minimum Gasteiger partial charge on any atom is -0.334 e. The first kappa shape index (κ1) is 14.9. The molecule has 1 aromatic carbocycles. The van der Waals surface area contributed by atoms with Crippen molar-refractivity contribution in [3.8, 4) is 0 Å². The lowest BCUT2D eigenvalue weighted by molar-refractivity contribution is -0.133. The Morgan fingerprint density at radius 1 is 1.56 bits per heavy atom. The van der Waals surface area contributed by atoms with Gasteiger partial charge in [-0.1, -0.05) is 12.1 Å². The van der Waals surface area contributed by atoms with Crippen LogP contribution in [0.3, 0.4) is 0 Å². The van der Waals surface area contributed by atoms with Crippen molar-refractivity contribution < 1.29 is 9.18 Å². The first-order valence-corrected chi connectivity index (χ1v) is 5.91. The SMILES string of the molecule is C[C@H](N)C(=O)N1CCCC1c1cccc(F)c1.Cl.